The maximum absolute atomic E-state index is 12.7. The van der Waals surface area contributed by atoms with Crippen LogP contribution >= 0.6 is 11.8 Å². The molecule has 1 aromatic rings. The van der Waals surface area contributed by atoms with E-state index in [1.807, 2.05) is 24.3 Å². The van der Waals surface area contributed by atoms with E-state index in [2.05, 4.69) is 19.2 Å². The summed E-state index contributed by atoms with van der Waals surface area (Å²) in [5.74, 6) is -1.13. The third kappa shape index (κ3) is 3.45. The number of carbonyl (C=O) groups excluding carboxylic acids is 2. The Morgan fingerprint density at radius 2 is 2.00 bits per heavy atom. The number of carbonyl (C=O) groups is 3. The van der Waals surface area contributed by atoms with Gasteiger partial charge in [-0.05, 0) is 42.2 Å². The minimum absolute atomic E-state index is 0.258. The summed E-state index contributed by atoms with van der Waals surface area (Å²) in [6.07, 6.45) is 0.791. The highest BCUT2D eigenvalue weighted by atomic mass is 32.2. The Labute approximate surface area is 157 Å². The van der Waals surface area contributed by atoms with E-state index < -0.39 is 23.3 Å². The molecule has 2 fully saturated rings. The lowest BCUT2D eigenvalue weighted by Crippen LogP contribution is -2.56. The largest absolute Gasteiger partial charge is 0.479 e. The summed E-state index contributed by atoms with van der Waals surface area (Å²) >= 11 is 1.50. The van der Waals surface area contributed by atoms with Crippen LogP contribution in [0.4, 0.5) is 5.69 Å². The number of hydrogen-bond donors (Lipinski definition) is 2. The van der Waals surface area contributed by atoms with Crippen molar-refractivity contribution >= 4 is 35.2 Å². The van der Waals surface area contributed by atoms with Crippen LogP contribution in [-0.4, -0.2) is 46.5 Å². The van der Waals surface area contributed by atoms with E-state index in [1.165, 1.54) is 17.3 Å². The second-order valence-electron chi connectivity index (χ2n) is 7.26. The van der Waals surface area contributed by atoms with Crippen molar-refractivity contribution in [2.45, 2.75) is 38.1 Å². The molecule has 2 amide bonds. The van der Waals surface area contributed by atoms with E-state index in [-0.39, 0.29) is 5.91 Å². The molecular formula is C19H24N2O4S. The zero-order chi connectivity index (χ0) is 18.9. The average Bonchev–Trinajstić information content (AvgIpc) is 3.22. The van der Waals surface area contributed by atoms with Gasteiger partial charge in [0.15, 0.2) is 0 Å². The van der Waals surface area contributed by atoms with Crippen molar-refractivity contribution in [1.29, 1.82) is 0 Å². The zero-order valence-corrected chi connectivity index (χ0v) is 15.8. The van der Waals surface area contributed by atoms with Crippen molar-refractivity contribution in [1.82, 2.24) is 5.32 Å². The van der Waals surface area contributed by atoms with Gasteiger partial charge in [0.2, 0.25) is 11.8 Å². The predicted octanol–water partition coefficient (Wildman–Crippen LogP) is 2.24. The van der Waals surface area contributed by atoms with Crippen molar-refractivity contribution < 1.29 is 19.5 Å². The van der Waals surface area contributed by atoms with Crippen molar-refractivity contribution in [3.05, 3.63) is 29.8 Å². The summed E-state index contributed by atoms with van der Waals surface area (Å²) in [7, 11) is 0. The van der Waals surface area contributed by atoms with Crippen LogP contribution < -0.4 is 10.2 Å². The molecule has 2 atom stereocenters. The number of nitrogens with one attached hydrogen (secondary N) is 1. The molecule has 0 aromatic heterocycles. The van der Waals surface area contributed by atoms with Crippen LogP contribution in [-0.2, 0) is 14.4 Å². The monoisotopic (exact) mass is 376 g/mol. The minimum Gasteiger partial charge on any atom is -0.479 e. The second kappa shape index (κ2) is 7.31. The third-order valence-corrected chi connectivity index (χ3v) is 6.38. The fraction of sp³-hybridized carbons (Fsp3) is 0.526. The Morgan fingerprint density at radius 3 is 2.54 bits per heavy atom. The highest BCUT2D eigenvalue weighted by Gasteiger charge is 2.46. The van der Waals surface area contributed by atoms with Gasteiger partial charge in [-0.25, -0.2) is 4.79 Å². The lowest BCUT2D eigenvalue weighted by atomic mass is 9.97. The van der Waals surface area contributed by atoms with E-state index >= 15 is 0 Å². The second-order valence-corrected chi connectivity index (χ2v) is 8.36. The zero-order valence-electron chi connectivity index (χ0n) is 15.0. The number of nitrogens with zero attached hydrogens (tertiary/aromatic N) is 1. The van der Waals surface area contributed by atoms with E-state index in [0.29, 0.717) is 36.8 Å². The number of carboxylic acid groups (broad SMARTS) is 1. The number of aliphatic carboxylic acids is 1. The first-order valence-corrected chi connectivity index (χ1v) is 10.0. The lowest BCUT2D eigenvalue weighted by Gasteiger charge is -2.26. The van der Waals surface area contributed by atoms with Crippen LogP contribution in [0.2, 0.25) is 0 Å². The molecule has 2 heterocycles. The molecule has 3 rings (SSSR count). The van der Waals surface area contributed by atoms with Crippen LogP contribution in [0.3, 0.4) is 0 Å². The van der Waals surface area contributed by atoms with Gasteiger partial charge in [0.05, 0.1) is 0 Å². The summed E-state index contributed by atoms with van der Waals surface area (Å²) in [5.41, 5.74) is 0.727. The molecule has 0 saturated carbocycles. The van der Waals surface area contributed by atoms with Gasteiger partial charge in [-0.2, -0.15) is 11.8 Å². The van der Waals surface area contributed by atoms with Gasteiger partial charge < -0.3 is 15.3 Å². The van der Waals surface area contributed by atoms with Crippen molar-refractivity contribution in [3.8, 4) is 0 Å². The Bertz CT molecular complexity index is 711. The fourth-order valence-corrected chi connectivity index (χ4v) is 4.75. The van der Waals surface area contributed by atoms with E-state index in [0.717, 1.165) is 5.69 Å². The Kier molecular flexibility index (Phi) is 5.27. The van der Waals surface area contributed by atoms with Crippen molar-refractivity contribution in [3.63, 3.8) is 0 Å². The molecule has 0 bridgehead atoms. The summed E-state index contributed by atoms with van der Waals surface area (Å²) in [5, 5.41) is 12.2. The van der Waals surface area contributed by atoms with Crippen molar-refractivity contribution in [2.75, 3.05) is 23.0 Å². The average molecular weight is 376 g/mol. The number of benzene rings is 1. The maximum atomic E-state index is 12.7. The quantitative estimate of drug-likeness (QED) is 0.770. The van der Waals surface area contributed by atoms with Gasteiger partial charge in [-0.1, -0.05) is 26.0 Å². The summed E-state index contributed by atoms with van der Waals surface area (Å²) < 4.78 is 0. The third-order valence-electron chi connectivity index (χ3n) is 5.19. The van der Waals surface area contributed by atoms with Gasteiger partial charge in [-0.3, -0.25) is 9.59 Å². The van der Waals surface area contributed by atoms with Crippen LogP contribution in [0.15, 0.2) is 24.3 Å². The van der Waals surface area contributed by atoms with Crippen LogP contribution in [0.5, 0.6) is 0 Å². The highest BCUT2D eigenvalue weighted by Crippen LogP contribution is 2.31. The van der Waals surface area contributed by atoms with Crippen LogP contribution in [0.1, 0.15) is 38.2 Å². The van der Waals surface area contributed by atoms with E-state index in [4.69, 9.17) is 0 Å². The molecule has 2 saturated heterocycles. The van der Waals surface area contributed by atoms with Crippen molar-refractivity contribution in [2.24, 2.45) is 5.92 Å². The van der Waals surface area contributed by atoms with Gasteiger partial charge in [-0.15, -0.1) is 0 Å². The fourth-order valence-electron chi connectivity index (χ4n) is 3.43. The maximum Gasteiger partial charge on any atom is 0.330 e. The molecule has 7 heteroatoms. The first-order chi connectivity index (χ1) is 12.3. The molecule has 2 aliphatic heterocycles. The number of hydrogen-bond acceptors (Lipinski definition) is 4. The van der Waals surface area contributed by atoms with Gasteiger partial charge in [0, 0.05) is 18.0 Å². The molecule has 0 aliphatic carbocycles. The van der Waals surface area contributed by atoms with Crippen LogP contribution in [0.25, 0.3) is 0 Å². The summed E-state index contributed by atoms with van der Waals surface area (Å²) in [6, 6.07) is 7.80. The minimum atomic E-state index is -1.24. The molecule has 2 aliphatic rings. The number of anilines is 1. The summed E-state index contributed by atoms with van der Waals surface area (Å²) in [4.78, 5) is 38.6. The molecule has 2 unspecified atom stereocenters. The molecular weight excluding hydrogens is 352 g/mol. The number of thioether (sulfide) groups is 1. The van der Waals surface area contributed by atoms with Gasteiger partial charge in [0.1, 0.15) is 11.5 Å². The highest BCUT2D eigenvalue weighted by molar-refractivity contribution is 7.99. The first-order valence-electron chi connectivity index (χ1n) is 8.88. The Morgan fingerprint density at radius 1 is 1.31 bits per heavy atom. The van der Waals surface area contributed by atoms with Gasteiger partial charge >= 0.3 is 5.97 Å². The van der Waals surface area contributed by atoms with E-state index in [1.54, 1.807) is 4.90 Å². The molecule has 26 heavy (non-hydrogen) atoms. The standard InChI is InChI=1S/C19H24N2O4S/c1-12(2)13-3-5-14(6-4-13)21-9-7-15(17(21)23)16(22)20-19(18(24)25)8-10-26-11-19/h3-6,12,15H,7-11H2,1-2H3,(H,20,22)(H,24,25). The lowest BCUT2D eigenvalue weighted by molar-refractivity contribution is -0.148. The molecule has 2 N–H and O–H groups in total. The summed E-state index contributed by atoms with van der Waals surface area (Å²) in [6.45, 7) is 4.68. The molecule has 0 spiro atoms. The topological polar surface area (TPSA) is 86.7 Å². The number of amides is 2. The first kappa shape index (κ1) is 18.8. The van der Waals surface area contributed by atoms with Gasteiger partial charge in [0.25, 0.3) is 0 Å². The number of carboxylic acids is 1. The smallest absolute Gasteiger partial charge is 0.330 e. The van der Waals surface area contributed by atoms with E-state index in [9.17, 15) is 19.5 Å². The molecule has 0 radical (unpaired) electrons. The predicted molar refractivity (Wildman–Crippen MR) is 101 cm³/mol. The SMILES string of the molecule is CC(C)c1ccc(N2CCC(C(=O)NC3(C(=O)O)CCSC3)C2=O)cc1. The normalized spacial score (nSPS) is 25.7. The molecule has 6 nitrogen and oxygen atoms in total. The number of rotatable bonds is 5. The van der Waals surface area contributed by atoms with Crippen LogP contribution in [0, 0.1) is 5.92 Å². The Balaban J connectivity index is 1.70. The molecule has 140 valence electrons. The Hall–Kier alpha value is -2.02. The molecule has 1 aromatic carbocycles.